The summed E-state index contributed by atoms with van der Waals surface area (Å²) in [6.07, 6.45) is -4.66. The van der Waals surface area contributed by atoms with E-state index in [2.05, 4.69) is 5.32 Å². The van der Waals surface area contributed by atoms with Crippen molar-refractivity contribution in [2.75, 3.05) is 5.32 Å². The largest absolute Gasteiger partial charge is 0.418 e. The molecule has 0 aliphatic heterocycles. The molecule has 2 aromatic carbocycles. The van der Waals surface area contributed by atoms with Crippen LogP contribution in [-0.2, 0) is 11.0 Å². The molecule has 0 bridgehead atoms. The van der Waals surface area contributed by atoms with Gasteiger partial charge in [-0.2, -0.15) is 13.2 Å². The highest BCUT2D eigenvalue weighted by Gasteiger charge is 2.34. The maximum atomic E-state index is 13.6. The predicted molar refractivity (Wildman–Crippen MR) is 86.8 cm³/mol. The molecule has 8 heteroatoms. The van der Waals surface area contributed by atoms with Gasteiger partial charge in [0.25, 0.3) is 0 Å². The summed E-state index contributed by atoms with van der Waals surface area (Å²) in [4.78, 5) is 12.4. The SMILES string of the molecule is CC(Sc1ccccc1F)C(=O)Nc1ccc(Cl)cc1C(F)(F)F. The van der Waals surface area contributed by atoms with E-state index in [9.17, 15) is 22.4 Å². The number of thioether (sulfide) groups is 1. The molecule has 0 aliphatic carbocycles. The smallest absolute Gasteiger partial charge is 0.325 e. The number of amides is 1. The first kappa shape index (κ1) is 18.6. The Balaban J connectivity index is 2.16. The number of carbonyl (C=O) groups is 1. The van der Waals surface area contributed by atoms with Crippen LogP contribution in [-0.4, -0.2) is 11.2 Å². The van der Waals surface area contributed by atoms with Crippen LogP contribution in [0.1, 0.15) is 12.5 Å². The van der Waals surface area contributed by atoms with E-state index in [0.717, 1.165) is 23.9 Å². The van der Waals surface area contributed by atoms with Gasteiger partial charge < -0.3 is 5.32 Å². The lowest BCUT2D eigenvalue weighted by Gasteiger charge is -2.16. The van der Waals surface area contributed by atoms with Gasteiger partial charge in [-0.1, -0.05) is 23.7 Å². The first-order valence-electron chi connectivity index (χ1n) is 6.77. The molecular weight excluding hydrogens is 366 g/mol. The molecule has 0 radical (unpaired) electrons. The van der Waals surface area contributed by atoms with Crippen LogP contribution in [0, 0.1) is 5.82 Å². The van der Waals surface area contributed by atoms with Crippen molar-refractivity contribution in [1.29, 1.82) is 0 Å². The van der Waals surface area contributed by atoms with Crippen LogP contribution in [0.4, 0.5) is 23.2 Å². The maximum absolute atomic E-state index is 13.6. The van der Waals surface area contributed by atoms with E-state index in [1.165, 1.54) is 31.2 Å². The van der Waals surface area contributed by atoms with Gasteiger partial charge in [-0.05, 0) is 37.3 Å². The Kier molecular flexibility index (Phi) is 5.77. The predicted octanol–water partition coefficient (Wildman–Crippen LogP) is 5.62. The summed E-state index contributed by atoms with van der Waals surface area (Å²) in [5.41, 5.74) is -1.43. The number of carbonyl (C=O) groups excluding carboxylic acids is 1. The fourth-order valence-corrected chi connectivity index (χ4v) is 2.94. The molecule has 0 spiro atoms. The maximum Gasteiger partial charge on any atom is 0.418 e. The minimum Gasteiger partial charge on any atom is -0.325 e. The molecule has 2 rings (SSSR count). The van der Waals surface area contributed by atoms with Gasteiger partial charge in [0.15, 0.2) is 0 Å². The second kappa shape index (κ2) is 7.44. The van der Waals surface area contributed by atoms with E-state index >= 15 is 0 Å². The third-order valence-electron chi connectivity index (χ3n) is 3.05. The molecule has 0 fully saturated rings. The standard InChI is InChI=1S/C16H12ClF4NOS/c1-9(24-14-5-3-2-4-12(14)18)15(23)22-13-7-6-10(17)8-11(13)16(19,20)21/h2-9H,1H3,(H,22,23). The van der Waals surface area contributed by atoms with Crippen molar-refractivity contribution >= 4 is 35.0 Å². The third kappa shape index (κ3) is 4.64. The quantitative estimate of drug-likeness (QED) is 0.553. The van der Waals surface area contributed by atoms with E-state index in [-0.39, 0.29) is 9.92 Å². The zero-order valence-electron chi connectivity index (χ0n) is 12.3. The van der Waals surface area contributed by atoms with E-state index in [1.54, 1.807) is 6.07 Å². The number of hydrogen-bond acceptors (Lipinski definition) is 2. The second-order valence-corrected chi connectivity index (χ2v) is 6.69. The van der Waals surface area contributed by atoms with Crippen molar-refractivity contribution in [3.8, 4) is 0 Å². The molecule has 0 heterocycles. The third-order valence-corrected chi connectivity index (χ3v) is 4.44. The Morgan fingerprint density at radius 2 is 1.88 bits per heavy atom. The number of halogens is 5. The van der Waals surface area contributed by atoms with Crippen LogP contribution in [0.15, 0.2) is 47.4 Å². The van der Waals surface area contributed by atoms with E-state index in [0.29, 0.717) is 0 Å². The number of benzene rings is 2. The van der Waals surface area contributed by atoms with Crippen LogP contribution < -0.4 is 5.32 Å². The average Bonchev–Trinajstić information content (AvgIpc) is 2.50. The molecule has 2 aromatic rings. The van der Waals surface area contributed by atoms with Crippen LogP contribution in [0.25, 0.3) is 0 Å². The molecule has 0 aromatic heterocycles. The fourth-order valence-electron chi connectivity index (χ4n) is 1.88. The van der Waals surface area contributed by atoms with Crippen molar-refractivity contribution in [1.82, 2.24) is 0 Å². The lowest BCUT2D eigenvalue weighted by Crippen LogP contribution is -2.24. The zero-order chi connectivity index (χ0) is 17.9. The van der Waals surface area contributed by atoms with Gasteiger partial charge in [-0.25, -0.2) is 4.39 Å². The Bertz CT molecular complexity index is 751. The Labute approximate surface area is 145 Å². The summed E-state index contributed by atoms with van der Waals surface area (Å²) in [6.45, 7) is 1.48. The molecule has 128 valence electrons. The molecule has 2 nitrogen and oxygen atoms in total. The van der Waals surface area contributed by atoms with Gasteiger partial charge in [-0.15, -0.1) is 11.8 Å². The van der Waals surface area contributed by atoms with Crippen molar-refractivity contribution in [2.45, 2.75) is 23.2 Å². The number of rotatable bonds is 4. The summed E-state index contributed by atoms with van der Waals surface area (Å²) in [6, 6.07) is 8.93. The van der Waals surface area contributed by atoms with Crippen LogP contribution in [0.5, 0.6) is 0 Å². The molecular formula is C16H12ClF4NOS. The van der Waals surface area contributed by atoms with E-state index in [4.69, 9.17) is 11.6 Å². The van der Waals surface area contributed by atoms with Gasteiger partial charge >= 0.3 is 6.18 Å². The highest BCUT2D eigenvalue weighted by Crippen LogP contribution is 2.37. The highest BCUT2D eigenvalue weighted by atomic mass is 35.5. The molecule has 1 unspecified atom stereocenters. The zero-order valence-corrected chi connectivity index (χ0v) is 13.9. The number of hydrogen-bond donors (Lipinski definition) is 1. The van der Waals surface area contributed by atoms with Crippen molar-refractivity contribution < 1.29 is 22.4 Å². The summed E-state index contributed by atoms with van der Waals surface area (Å²) in [7, 11) is 0. The fraction of sp³-hybridized carbons (Fsp3) is 0.188. The van der Waals surface area contributed by atoms with Crippen molar-refractivity contribution in [3.05, 3.63) is 58.9 Å². The number of nitrogens with one attached hydrogen (secondary N) is 1. The summed E-state index contributed by atoms with van der Waals surface area (Å²) >= 11 is 6.51. The molecule has 1 N–H and O–H groups in total. The van der Waals surface area contributed by atoms with E-state index in [1.807, 2.05) is 0 Å². The molecule has 24 heavy (non-hydrogen) atoms. The lowest BCUT2D eigenvalue weighted by atomic mass is 10.1. The lowest BCUT2D eigenvalue weighted by molar-refractivity contribution is -0.137. The molecule has 1 amide bonds. The summed E-state index contributed by atoms with van der Waals surface area (Å²) < 4.78 is 52.6. The molecule has 0 aliphatic rings. The Morgan fingerprint density at radius 1 is 1.21 bits per heavy atom. The first-order chi connectivity index (χ1) is 11.2. The van der Waals surface area contributed by atoms with Crippen molar-refractivity contribution in [2.24, 2.45) is 0 Å². The topological polar surface area (TPSA) is 29.1 Å². The minimum absolute atomic E-state index is 0.0888. The van der Waals surface area contributed by atoms with Gasteiger partial charge in [0.2, 0.25) is 5.91 Å². The minimum atomic E-state index is -4.66. The summed E-state index contributed by atoms with van der Waals surface area (Å²) in [5.74, 6) is -1.17. The van der Waals surface area contributed by atoms with E-state index < -0.39 is 34.4 Å². The highest BCUT2D eigenvalue weighted by molar-refractivity contribution is 8.00. The summed E-state index contributed by atoms with van der Waals surface area (Å²) in [5, 5.41) is 1.34. The monoisotopic (exact) mass is 377 g/mol. The number of anilines is 1. The Hall–Kier alpha value is -1.73. The normalized spacial score (nSPS) is 12.8. The number of alkyl halides is 3. The molecule has 0 saturated carbocycles. The van der Waals surface area contributed by atoms with Crippen LogP contribution in [0.3, 0.4) is 0 Å². The van der Waals surface area contributed by atoms with Crippen LogP contribution >= 0.6 is 23.4 Å². The molecule has 1 atom stereocenters. The second-order valence-electron chi connectivity index (χ2n) is 4.87. The van der Waals surface area contributed by atoms with Gasteiger partial charge in [0, 0.05) is 9.92 Å². The molecule has 0 saturated heterocycles. The van der Waals surface area contributed by atoms with Gasteiger partial charge in [-0.3, -0.25) is 4.79 Å². The average molecular weight is 378 g/mol. The van der Waals surface area contributed by atoms with Gasteiger partial charge in [0.1, 0.15) is 5.82 Å². The Morgan fingerprint density at radius 3 is 2.50 bits per heavy atom. The van der Waals surface area contributed by atoms with Crippen LogP contribution in [0.2, 0.25) is 5.02 Å². The first-order valence-corrected chi connectivity index (χ1v) is 8.03. The van der Waals surface area contributed by atoms with Gasteiger partial charge in [0.05, 0.1) is 16.5 Å². The van der Waals surface area contributed by atoms with Crippen molar-refractivity contribution in [3.63, 3.8) is 0 Å².